The lowest BCUT2D eigenvalue weighted by Crippen LogP contribution is -2.41. The van der Waals surface area contributed by atoms with Crippen LogP contribution in [0.25, 0.3) is 0 Å². The minimum atomic E-state index is -0.542. The SMILES string of the molecule is O=C(Oc1ccc(OC2CC(OCc3ccccc3)CC(CO)O2)cc1)c1ccccc1. The van der Waals surface area contributed by atoms with E-state index in [4.69, 9.17) is 18.9 Å². The third-order valence-electron chi connectivity index (χ3n) is 5.17. The fraction of sp³-hybridized carbons (Fsp3) is 0.269. The molecule has 6 heteroatoms. The summed E-state index contributed by atoms with van der Waals surface area (Å²) in [6.07, 6.45) is 0.184. The van der Waals surface area contributed by atoms with Crippen molar-refractivity contribution < 1.29 is 28.8 Å². The van der Waals surface area contributed by atoms with E-state index in [1.807, 2.05) is 36.4 Å². The van der Waals surface area contributed by atoms with E-state index in [9.17, 15) is 9.90 Å². The molecule has 3 aromatic carbocycles. The van der Waals surface area contributed by atoms with E-state index in [1.165, 1.54) is 0 Å². The van der Waals surface area contributed by atoms with Gasteiger partial charge in [-0.15, -0.1) is 0 Å². The molecule has 0 amide bonds. The van der Waals surface area contributed by atoms with Gasteiger partial charge in [0.1, 0.15) is 11.5 Å². The minimum absolute atomic E-state index is 0.0859. The molecule has 1 saturated heterocycles. The van der Waals surface area contributed by atoms with Gasteiger partial charge < -0.3 is 24.1 Å². The van der Waals surface area contributed by atoms with Crippen LogP contribution in [0, 0.1) is 0 Å². The van der Waals surface area contributed by atoms with E-state index < -0.39 is 12.3 Å². The molecule has 0 aliphatic carbocycles. The van der Waals surface area contributed by atoms with Crippen LogP contribution in [0.1, 0.15) is 28.8 Å². The van der Waals surface area contributed by atoms with E-state index in [0.29, 0.717) is 36.5 Å². The molecule has 0 bridgehead atoms. The number of carbonyl (C=O) groups excluding carboxylic acids is 1. The summed E-state index contributed by atoms with van der Waals surface area (Å²) < 4.78 is 23.2. The van der Waals surface area contributed by atoms with Crippen molar-refractivity contribution in [1.82, 2.24) is 0 Å². The summed E-state index contributed by atoms with van der Waals surface area (Å²) in [6, 6.07) is 25.6. The van der Waals surface area contributed by atoms with Crippen LogP contribution < -0.4 is 9.47 Å². The monoisotopic (exact) mass is 434 g/mol. The zero-order valence-electron chi connectivity index (χ0n) is 17.6. The van der Waals surface area contributed by atoms with Crippen LogP contribution in [0.5, 0.6) is 11.5 Å². The van der Waals surface area contributed by atoms with Crippen LogP contribution in [0.3, 0.4) is 0 Å². The van der Waals surface area contributed by atoms with Gasteiger partial charge in [-0.2, -0.15) is 0 Å². The Labute approximate surface area is 187 Å². The largest absolute Gasteiger partial charge is 0.465 e. The first-order chi connectivity index (χ1) is 15.7. The lowest BCUT2D eigenvalue weighted by atomic mass is 10.1. The lowest BCUT2D eigenvalue weighted by molar-refractivity contribution is -0.195. The van der Waals surface area contributed by atoms with Crippen molar-refractivity contribution in [1.29, 1.82) is 0 Å². The highest BCUT2D eigenvalue weighted by Crippen LogP contribution is 2.27. The van der Waals surface area contributed by atoms with Crippen LogP contribution in [-0.2, 0) is 16.1 Å². The average Bonchev–Trinajstić information content (AvgIpc) is 2.85. The topological polar surface area (TPSA) is 74.2 Å². The van der Waals surface area contributed by atoms with Crippen molar-refractivity contribution in [2.24, 2.45) is 0 Å². The third-order valence-corrected chi connectivity index (χ3v) is 5.17. The molecule has 0 aromatic heterocycles. The van der Waals surface area contributed by atoms with Crippen molar-refractivity contribution >= 4 is 5.97 Å². The number of ether oxygens (including phenoxy) is 4. The van der Waals surface area contributed by atoms with Crippen molar-refractivity contribution in [2.45, 2.75) is 37.9 Å². The molecule has 0 radical (unpaired) electrons. The molecule has 1 fully saturated rings. The molecule has 6 nitrogen and oxygen atoms in total. The van der Waals surface area contributed by atoms with Crippen LogP contribution in [0.15, 0.2) is 84.9 Å². The molecule has 3 unspecified atom stereocenters. The normalized spacial score (nSPS) is 20.5. The van der Waals surface area contributed by atoms with Crippen molar-refractivity contribution in [3.8, 4) is 11.5 Å². The van der Waals surface area contributed by atoms with Gasteiger partial charge in [0.05, 0.1) is 31.0 Å². The van der Waals surface area contributed by atoms with Gasteiger partial charge >= 0.3 is 5.97 Å². The summed E-state index contributed by atoms with van der Waals surface area (Å²) in [5.41, 5.74) is 1.58. The summed E-state index contributed by atoms with van der Waals surface area (Å²) in [4.78, 5) is 12.2. The number of benzene rings is 3. The Balaban J connectivity index is 1.32. The Morgan fingerprint density at radius 1 is 0.875 bits per heavy atom. The Morgan fingerprint density at radius 3 is 2.22 bits per heavy atom. The maximum atomic E-state index is 12.2. The molecule has 166 valence electrons. The molecule has 1 heterocycles. The van der Waals surface area contributed by atoms with Gasteiger partial charge in [-0.25, -0.2) is 4.79 Å². The van der Waals surface area contributed by atoms with Crippen molar-refractivity contribution in [3.63, 3.8) is 0 Å². The predicted octanol–water partition coefficient (Wildman–Crippen LogP) is 4.37. The van der Waals surface area contributed by atoms with Crippen LogP contribution >= 0.6 is 0 Å². The fourth-order valence-electron chi connectivity index (χ4n) is 3.53. The molecular formula is C26H26O6. The second-order valence-electron chi connectivity index (χ2n) is 7.61. The first-order valence-electron chi connectivity index (χ1n) is 10.7. The molecule has 1 aliphatic heterocycles. The third kappa shape index (κ3) is 6.17. The van der Waals surface area contributed by atoms with Gasteiger partial charge in [-0.3, -0.25) is 0 Å². The maximum Gasteiger partial charge on any atom is 0.343 e. The number of esters is 1. The Kier molecular flexibility index (Phi) is 7.51. The summed E-state index contributed by atoms with van der Waals surface area (Å²) in [5, 5.41) is 9.61. The second-order valence-corrected chi connectivity index (χ2v) is 7.61. The highest BCUT2D eigenvalue weighted by Gasteiger charge is 2.31. The van der Waals surface area contributed by atoms with Gasteiger partial charge in [-0.1, -0.05) is 48.5 Å². The van der Waals surface area contributed by atoms with E-state index in [0.717, 1.165) is 5.56 Å². The number of aliphatic hydroxyl groups is 1. The van der Waals surface area contributed by atoms with Gasteiger partial charge in [0, 0.05) is 12.8 Å². The number of hydrogen-bond donors (Lipinski definition) is 1. The quantitative estimate of drug-likeness (QED) is 0.419. The molecule has 0 spiro atoms. The Bertz CT molecular complexity index is 974. The highest BCUT2D eigenvalue weighted by atomic mass is 16.7. The minimum Gasteiger partial charge on any atom is -0.465 e. The molecule has 0 saturated carbocycles. The van der Waals surface area contributed by atoms with E-state index in [1.54, 1.807) is 48.5 Å². The zero-order valence-corrected chi connectivity index (χ0v) is 17.6. The van der Waals surface area contributed by atoms with Gasteiger partial charge in [-0.05, 0) is 42.0 Å². The van der Waals surface area contributed by atoms with Gasteiger partial charge in [0.2, 0.25) is 6.29 Å². The summed E-state index contributed by atoms with van der Waals surface area (Å²) >= 11 is 0. The Hall–Kier alpha value is -3.19. The number of hydrogen-bond acceptors (Lipinski definition) is 6. The summed E-state index contributed by atoms with van der Waals surface area (Å²) in [6.45, 7) is 0.400. The zero-order chi connectivity index (χ0) is 22.2. The Morgan fingerprint density at radius 2 is 1.53 bits per heavy atom. The lowest BCUT2D eigenvalue weighted by Gasteiger charge is -2.34. The van der Waals surface area contributed by atoms with E-state index in [-0.39, 0.29) is 18.8 Å². The highest BCUT2D eigenvalue weighted by molar-refractivity contribution is 5.90. The number of aliphatic hydroxyl groups excluding tert-OH is 1. The van der Waals surface area contributed by atoms with Gasteiger partial charge in [0.15, 0.2) is 0 Å². The van der Waals surface area contributed by atoms with Crippen LogP contribution in [0.2, 0.25) is 0 Å². The number of rotatable bonds is 8. The number of carbonyl (C=O) groups is 1. The van der Waals surface area contributed by atoms with Crippen molar-refractivity contribution in [3.05, 3.63) is 96.1 Å². The molecule has 3 aromatic rings. The molecule has 4 rings (SSSR count). The fourth-order valence-corrected chi connectivity index (χ4v) is 3.53. The van der Waals surface area contributed by atoms with E-state index in [2.05, 4.69) is 0 Å². The predicted molar refractivity (Wildman–Crippen MR) is 118 cm³/mol. The van der Waals surface area contributed by atoms with Gasteiger partial charge in [0.25, 0.3) is 0 Å². The second kappa shape index (κ2) is 10.9. The van der Waals surface area contributed by atoms with E-state index >= 15 is 0 Å². The van der Waals surface area contributed by atoms with Crippen LogP contribution in [-0.4, -0.2) is 36.2 Å². The molecule has 3 atom stereocenters. The molecule has 32 heavy (non-hydrogen) atoms. The molecule has 1 N–H and O–H groups in total. The molecular weight excluding hydrogens is 408 g/mol. The first kappa shape index (κ1) is 22.0. The summed E-state index contributed by atoms with van der Waals surface area (Å²) in [5.74, 6) is 0.585. The van der Waals surface area contributed by atoms with Crippen molar-refractivity contribution in [2.75, 3.05) is 6.61 Å². The smallest absolute Gasteiger partial charge is 0.343 e. The maximum absolute atomic E-state index is 12.2. The van der Waals surface area contributed by atoms with Crippen LogP contribution in [0.4, 0.5) is 0 Å². The molecule has 1 aliphatic rings. The standard InChI is InChI=1S/C26H26O6/c27-17-24-15-23(29-18-19-7-3-1-4-8-19)16-25(31-24)30-21-11-13-22(14-12-21)32-26(28)20-9-5-2-6-10-20/h1-14,23-25,27H,15-18H2. The summed E-state index contributed by atoms with van der Waals surface area (Å²) in [7, 11) is 0. The average molecular weight is 434 g/mol. The first-order valence-corrected chi connectivity index (χ1v) is 10.7.